The van der Waals surface area contributed by atoms with Crippen molar-refractivity contribution in [3.63, 3.8) is 0 Å². The first-order valence-electron chi connectivity index (χ1n) is 7.93. The molecule has 1 aromatic carbocycles. The number of hydrogen-bond donors (Lipinski definition) is 1. The third kappa shape index (κ3) is 2.93. The monoisotopic (exact) mass is 331 g/mol. The number of carbonyl (C=O) groups excluding carboxylic acids is 1. The van der Waals surface area contributed by atoms with Crippen LogP contribution in [-0.2, 0) is 5.54 Å². The van der Waals surface area contributed by atoms with Crippen molar-refractivity contribution in [1.82, 2.24) is 15.5 Å². The molecule has 1 amide bonds. The van der Waals surface area contributed by atoms with E-state index in [0.29, 0.717) is 28.8 Å². The first-order chi connectivity index (χ1) is 11.6. The maximum Gasteiger partial charge on any atom is 0.255 e. The molecular formula is C17H21N3O4. The molecule has 7 heteroatoms. The second kappa shape index (κ2) is 6.51. The molecule has 0 radical (unpaired) electrons. The summed E-state index contributed by atoms with van der Waals surface area (Å²) in [6.07, 6.45) is 3.57. The number of benzene rings is 1. The number of rotatable bonds is 5. The van der Waals surface area contributed by atoms with Gasteiger partial charge in [0.15, 0.2) is 5.82 Å². The van der Waals surface area contributed by atoms with Gasteiger partial charge in [0, 0.05) is 6.92 Å². The van der Waals surface area contributed by atoms with Gasteiger partial charge in [-0.05, 0) is 31.0 Å². The van der Waals surface area contributed by atoms with Crippen molar-refractivity contribution in [2.24, 2.45) is 0 Å². The van der Waals surface area contributed by atoms with Crippen LogP contribution in [0.25, 0.3) is 0 Å². The van der Waals surface area contributed by atoms with E-state index in [1.165, 1.54) is 7.11 Å². The molecule has 0 spiro atoms. The van der Waals surface area contributed by atoms with Crippen molar-refractivity contribution < 1.29 is 18.8 Å². The van der Waals surface area contributed by atoms with Gasteiger partial charge in [-0.15, -0.1) is 0 Å². The molecule has 1 N–H and O–H groups in total. The lowest BCUT2D eigenvalue weighted by molar-refractivity contribution is 0.0888. The van der Waals surface area contributed by atoms with Gasteiger partial charge in [-0.3, -0.25) is 4.79 Å². The minimum absolute atomic E-state index is 0.241. The fourth-order valence-electron chi connectivity index (χ4n) is 3.15. The Morgan fingerprint density at radius 1 is 1.25 bits per heavy atom. The maximum atomic E-state index is 12.9. The number of amides is 1. The zero-order valence-corrected chi connectivity index (χ0v) is 14.1. The van der Waals surface area contributed by atoms with Crippen LogP contribution in [0, 0.1) is 6.92 Å². The molecule has 0 bridgehead atoms. The van der Waals surface area contributed by atoms with E-state index in [0.717, 1.165) is 25.7 Å². The summed E-state index contributed by atoms with van der Waals surface area (Å²) >= 11 is 0. The van der Waals surface area contributed by atoms with E-state index in [2.05, 4.69) is 15.5 Å². The average Bonchev–Trinajstić information content (AvgIpc) is 3.24. The Kier molecular flexibility index (Phi) is 4.42. The summed E-state index contributed by atoms with van der Waals surface area (Å²) in [5.74, 6) is 1.87. The van der Waals surface area contributed by atoms with Crippen molar-refractivity contribution in [3.05, 3.63) is 35.5 Å². The second-order valence-corrected chi connectivity index (χ2v) is 5.95. The van der Waals surface area contributed by atoms with E-state index in [1.54, 1.807) is 32.2 Å². The second-order valence-electron chi connectivity index (χ2n) is 5.95. The number of aryl methyl sites for hydroxylation is 1. The molecule has 7 nitrogen and oxygen atoms in total. The topological polar surface area (TPSA) is 86.5 Å². The van der Waals surface area contributed by atoms with Crippen molar-refractivity contribution in [1.29, 1.82) is 0 Å². The summed E-state index contributed by atoms with van der Waals surface area (Å²) in [5.41, 5.74) is -0.175. The lowest BCUT2D eigenvalue weighted by Crippen LogP contribution is -2.44. The van der Waals surface area contributed by atoms with Gasteiger partial charge >= 0.3 is 0 Å². The Balaban J connectivity index is 1.92. The number of aromatic nitrogens is 2. The number of nitrogens with one attached hydrogen (secondary N) is 1. The molecule has 0 aliphatic heterocycles. The van der Waals surface area contributed by atoms with Crippen LogP contribution in [0.1, 0.15) is 47.8 Å². The number of methoxy groups -OCH3 is 2. The van der Waals surface area contributed by atoms with Gasteiger partial charge in [0.25, 0.3) is 5.91 Å². The third-order valence-corrected chi connectivity index (χ3v) is 4.42. The molecule has 1 aromatic heterocycles. The zero-order valence-electron chi connectivity index (χ0n) is 14.1. The first kappa shape index (κ1) is 16.3. The molecule has 1 fully saturated rings. The summed E-state index contributed by atoms with van der Waals surface area (Å²) in [7, 11) is 3.09. The summed E-state index contributed by atoms with van der Waals surface area (Å²) in [6.45, 7) is 1.74. The highest BCUT2D eigenvalue weighted by Gasteiger charge is 2.41. The van der Waals surface area contributed by atoms with Gasteiger partial charge in [0.05, 0.1) is 19.8 Å². The van der Waals surface area contributed by atoms with E-state index in [-0.39, 0.29) is 5.91 Å². The maximum absolute atomic E-state index is 12.9. The quantitative estimate of drug-likeness (QED) is 0.906. The largest absolute Gasteiger partial charge is 0.497 e. The minimum atomic E-state index is -0.594. The summed E-state index contributed by atoms with van der Waals surface area (Å²) in [5, 5.41) is 7.14. The number of nitrogens with zero attached hydrogens (tertiary/aromatic N) is 2. The van der Waals surface area contributed by atoms with Crippen LogP contribution in [0.3, 0.4) is 0 Å². The smallest absolute Gasteiger partial charge is 0.255 e. The Labute approximate surface area is 140 Å². The zero-order chi connectivity index (χ0) is 17.2. The Hall–Kier alpha value is -2.57. The fraction of sp³-hybridized carbons (Fsp3) is 0.471. The summed E-state index contributed by atoms with van der Waals surface area (Å²) in [4.78, 5) is 17.2. The number of ether oxygens (including phenoxy) is 2. The van der Waals surface area contributed by atoms with E-state index >= 15 is 0 Å². The van der Waals surface area contributed by atoms with Crippen molar-refractivity contribution >= 4 is 5.91 Å². The molecule has 2 aromatic rings. The van der Waals surface area contributed by atoms with Crippen LogP contribution in [0.5, 0.6) is 11.5 Å². The molecule has 24 heavy (non-hydrogen) atoms. The summed E-state index contributed by atoms with van der Waals surface area (Å²) in [6, 6.07) is 5.13. The molecule has 1 aliphatic rings. The lowest BCUT2D eigenvalue weighted by atomic mass is 9.95. The average molecular weight is 331 g/mol. The molecule has 0 atom stereocenters. The normalized spacial score (nSPS) is 16.0. The highest BCUT2D eigenvalue weighted by atomic mass is 16.5. The number of carbonyl (C=O) groups is 1. The summed E-state index contributed by atoms with van der Waals surface area (Å²) < 4.78 is 15.6. The Bertz CT molecular complexity index is 735. The highest BCUT2D eigenvalue weighted by molar-refractivity contribution is 5.97. The van der Waals surface area contributed by atoms with Crippen LogP contribution < -0.4 is 14.8 Å². The standard InChI is InChI=1S/C17H21N3O4/c1-11-18-16(20-24-11)17(8-4-5-9-17)19-15(21)13-10-12(22-2)6-7-14(13)23-3/h6-7,10H,4-5,8-9H2,1-3H3,(H,19,21). The molecule has 1 saturated carbocycles. The van der Waals surface area contributed by atoms with Gasteiger partial charge in [-0.1, -0.05) is 18.0 Å². The third-order valence-electron chi connectivity index (χ3n) is 4.42. The van der Waals surface area contributed by atoms with Gasteiger partial charge in [0.1, 0.15) is 17.0 Å². The van der Waals surface area contributed by atoms with Gasteiger partial charge in [-0.25, -0.2) is 0 Å². The van der Waals surface area contributed by atoms with E-state index in [4.69, 9.17) is 14.0 Å². The molecule has 1 aliphatic carbocycles. The van der Waals surface area contributed by atoms with Crippen LogP contribution in [-0.4, -0.2) is 30.3 Å². The predicted octanol–water partition coefficient (Wildman–Crippen LogP) is 2.59. The van der Waals surface area contributed by atoms with E-state index in [1.807, 2.05) is 0 Å². The minimum Gasteiger partial charge on any atom is -0.497 e. The van der Waals surface area contributed by atoms with Crippen molar-refractivity contribution in [2.45, 2.75) is 38.1 Å². The lowest BCUT2D eigenvalue weighted by Gasteiger charge is -2.27. The SMILES string of the molecule is COc1ccc(OC)c(C(=O)NC2(c3noc(C)n3)CCCC2)c1. The van der Waals surface area contributed by atoms with Crippen LogP contribution in [0.15, 0.2) is 22.7 Å². The highest BCUT2D eigenvalue weighted by Crippen LogP contribution is 2.38. The predicted molar refractivity (Wildman–Crippen MR) is 86.2 cm³/mol. The van der Waals surface area contributed by atoms with Gasteiger partial charge in [0.2, 0.25) is 5.89 Å². The van der Waals surface area contributed by atoms with E-state index < -0.39 is 5.54 Å². The van der Waals surface area contributed by atoms with Crippen LogP contribution in [0.4, 0.5) is 0 Å². The Morgan fingerprint density at radius 2 is 2.00 bits per heavy atom. The fourth-order valence-corrected chi connectivity index (χ4v) is 3.15. The molecule has 0 saturated heterocycles. The molecule has 128 valence electrons. The molecule has 1 heterocycles. The van der Waals surface area contributed by atoms with E-state index in [9.17, 15) is 4.79 Å². The van der Waals surface area contributed by atoms with Crippen LogP contribution in [0.2, 0.25) is 0 Å². The number of hydrogen-bond acceptors (Lipinski definition) is 6. The van der Waals surface area contributed by atoms with Gasteiger partial charge < -0.3 is 19.3 Å². The first-order valence-corrected chi connectivity index (χ1v) is 7.93. The molecule has 0 unspecified atom stereocenters. The van der Waals surface area contributed by atoms with Gasteiger partial charge in [-0.2, -0.15) is 4.98 Å². The van der Waals surface area contributed by atoms with Crippen molar-refractivity contribution in [2.75, 3.05) is 14.2 Å². The van der Waals surface area contributed by atoms with Crippen LogP contribution >= 0.6 is 0 Å². The molecular weight excluding hydrogens is 310 g/mol. The Morgan fingerprint density at radius 3 is 2.58 bits per heavy atom. The molecule has 3 rings (SSSR count). The van der Waals surface area contributed by atoms with Crippen molar-refractivity contribution in [3.8, 4) is 11.5 Å².